The van der Waals surface area contributed by atoms with Crippen LogP contribution in [-0.4, -0.2) is 15.7 Å². The number of hydrogen-bond acceptors (Lipinski definition) is 2. The molecule has 0 aliphatic carbocycles. The van der Waals surface area contributed by atoms with E-state index < -0.39 is 5.91 Å². The predicted molar refractivity (Wildman–Crippen MR) is 92.7 cm³/mol. The van der Waals surface area contributed by atoms with E-state index in [1.54, 1.807) is 37.3 Å². The van der Waals surface area contributed by atoms with Gasteiger partial charge in [-0.05, 0) is 49.4 Å². The van der Waals surface area contributed by atoms with Crippen LogP contribution in [0.2, 0.25) is 10.0 Å². The van der Waals surface area contributed by atoms with Crippen LogP contribution in [0.4, 0.5) is 10.2 Å². The molecule has 3 rings (SSSR count). The molecule has 122 valence electrons. The van der Waals surface area contributed by atoms with Gasteiger partial charge in [0.15, 0.2) is 0 Å². The monoisotopic (exact) mass is 363 g/mol. The summed E-state index contributed by atoms with van der Waals surface area (Å²) in [6, 6.07) is 12.2. The first-order valence-corrected chi connectivity index (χ1v) is 7.78. The molecule has 1 aromatic heterocycles. The molecule has 0 saturated carbocycles. The summed E-state index contributed by atoms with van der Waals surface area (Å²) in [4.78, 5) is 12.5. The molecule has 0 fully saturated rings. The third kappa shape index (κ3) is 3.42. The number of hydrogen-bond donors (Lipinski definition) is 1. The average molecular weight is 364 g/mol. The molecule has 0 saturated heterocycles. The highest BCUT2D eigenvalue weighted by Gasteiger charge is 2.15. The van der Waals surface area contributed by atoms with E-state index in [1.165, 1.54) is 22.9 Å². The van der Waals surface area contributed by atoms with Gasteiger partial charge in [0.1, 0.15) is 11.6 Å². The number of benzene rings is 2. The summed E-state index contributed by atoms with van der Waals surface area (Å²) in [5.74, 6) is -0.315. The van der Waals surface area contributed by atoms with Crippen molar-refractivity contribution < 1.29 is 9.18 Å². The number of aryl methyl sites for hydroxylation is 1. The zero-order chi connectivity index (χ0) is 17.3. The molecule has 0 aliphatic rings. The summed E-state index contributed by atoms with van der Waals surface area (Å²) in [7, 11) is 0. The largest absolute Gasteiger partial charge is 0.306 e. The Balaban J connectivity index is 1.94. The molecule has 24 heavy (non-hydrogen) atoms. The Morgan fingerprint density at radius 1 is 1.12 bits per heavy atom. The molecule has 0 atom stereocenters. The quantitative estimate of drug-likeness (QED) is 0.720. The number of nitrogens with one attached hydrogen (secondary N) is 1. The van der Waals surface area contributed by atoms with Crippen molar-refractivity contribution in [3.63, 3.8) is 0 Å². The van der Waals surface area contributed by atoms with Gasteiger partial charge in [0, 0.05) is 11.1 Å². The molecule has 2 aromatic carbocycles. The van der Waals surface area contributed by atoms with Gasteiger partial charge in [0.05, 0.1) is 22.0 Å². The Bertz CT molecular complexity index is 907. The van der Waals surface area contributed by atoms with Crippen LogP contribution in [0, 0.1) is 12.7 Å². The maximum Gasteiger partial charge on any atom is 0.258 e. The molecule has 7 heteroatoms. The zero-order valence-electron chi connectivity index (χ0n) is 12.6. The number of halogens is 3. The van der Waals surface area contributed by atoms with Gasteiger partial charge in [-0.25, -0.2) is 9.07 Å². The van der Waals surface area contributed by atoms with E-state index in [2.05, 4.69) is 10.4 Å². The summed E-state index contributed by atoms with van der Waals surface area (Å²) < 4.78 is 14.6. The van der Waals surface area contributed by atoms with Crippen molar-refractivity contribution in [3.05, 3.63) is 75.7 Å². The molecule has 3 aromatic rings. The van der Waals surface area contributed by atoms with Crippen LogP contribution in [0.3, 0.4) is 0 Å². The normalized spacial score (nSPS) is 10.7. The Kier molecular flexibility index (Phi) is 4.55. The van der Waals surface area contributed by atoms with Gasteiger partial charge in [-0.1, -0.05) is 23.2 Å². The van der Waals surface area contributed by atoms with Crippen molar-refractivity contribution in [2.75, 3.05) is 5.32 Å². The molecule has 1 heterocycles. The smallest absolute Gasteiger partial charge is 0.258 e. The van der Waals surface area contributed by atoms with Crippen LogP contribution < -0.4 is 5.32 Å². The van der Waals surface area contributed by atoms with Gasteiger partial charge < -0.3 is 5.32 Å². The maximum atomic E-state index is 13.1. The van der Waals surface area contributed by atoms with Gasteiger partial charge in [0.25, 0.3) is 5.91 Å². The lowest BCUT2D eigenvalue weighted by Gasteiger charge is -2.10. The summed E-state index contributed by atoms with van der Waals surface area (Å²) in [6.07, 6.45) is 0. The fourth-order valence-electron chi connectivity index (χ4n) is 2.22. The number of rotatable bonds is 3. The second kappa shape index (κ2) is 6.63. The summed E-state index contributed by atoms with van der Waals surface area (Å²) in [6.45, 7) is 1.79. The molecular formula is C17H12Cl2FN3O. The van der Waals surface area contributed by atoms with Crippen molar-refractivity contribution >= 4 is 34.9 Å². The zero-order valence-corrected chi connectivity index (χ0v) is 14.1. The van der Waals surface area contributed by atoms with Crippen LogP contribution in [0.1, 0.15) is 16.1 Å². The number of anilines is 1. The molecule has 0 aliphatic heterocycles. The van der Waals surface area contributed by atoms with Gasteiger partial charge >= 0.3 is 0 Å². The van der Waals surface area contributed by atoms with Crippen LogP contribution >= 0.6 is 23.2 Å². The second-order valence-corrected chi connectivity index (χ2v) is 5.98. The minimum Gasteiger partial charge on any atom is -0.306 e. The molecule has 1 amide bonds. The van der Waals surface area contributed by atoms with E-state index >= 15 is 0 Å². The highest BCUT2D eigenvalue weighted by Crippen LogP contribution is 2.23. The predicted octanol–water partition coefficient (Wildman–Crippen LogP) is 4.88. The van der Waals surface area contributed by atoms with Crippen molar-refractivity contribution in [1.29, 1.82) is 0 Å². The summed E-state index contributed by atoms with van der Waals surface area (Å²) >= 11 is 12.0. The van der Waals surface area contributed by atoms with Crippen LogP contribution in [-0.2, 0) is 0 Å². The third-order valence-electron chi connectivity index (χ3n) is 3.32. The van der Waals surface area contributed by atoms with Crippen molar-refractivity contribution in [2.45, 2.75) is 6.92 Å². The Morgan fingerprint density at radius 2 is 1.83 bits per heavy atom. The Hall–Kier alpha value is -2.37. The lowest BCUT2D eigenvalue weighted by Crippen LogP contribution is -2.15. The lowest BCUT2D eigenvalue weighted by atomic mass is 10.2. The number of aromatic nitrogens is 2. The van der Waals surface area contributed by atoms with E-state index in [0.29, 0.717) is 27.2 Å². The van der Waals surface area contributed by atoms with E-state index in [-0.39, 0.29) is 11.4 Å². The van der Waals surface area contributed by atoms with Crippen LogP contribution in [0.25, 0.3) is 5.69 Å². The standard InChI is InChI=1S/C17H12Cl2FN3O/c1-10-8-16(23(22-10)13-5-3-12(20)4-6-13)21-17(24)14-9-11(18)2-7-15(14)19/h2-9H,1H3,(H,21,24). The van der Waals surface area contributed by atoms with Gasteiger partial charge in [-0.2, -0.15) is 5.10 Å². The number of carbonyl (C=O) groups excluding carboxylic acids is 1. The molecule has 0 spiro atoms. The molecule has 0 unspecified atom stereocenters. The van der Waals surface area contributed by atoms with E-state index in [4.69, 9.17) is 23.2 Å². The SMILES string of the molecule is Cc1cc(NC(=O)c2cc(Cl)ccc2Cl)n(-c2ccc(F)cc2)n1. The van der Waals surface area contributed by atoms with Gasteiger partial charge in [0.2, 0.25) is 0 Å². The minimum atomic E-state index is -0.411. The van der Waals surface area contributed by atoms with E-state index in [9.17, 15) is 9.18 Å². The highest BCUT2D eigenvalue weighted by molar-refractivity contribution is 6.36. The minimum absolute atomic E-state index is 0.258. The Morgan fingerprint density at radius 3 is 2.54 bits per heavy atom. The first-order valence-electron chi connectivity index (χ1n) is 7.03. The molecule has 0 bridgehead atoms. The molecular weight excluding hydrogens is 352 g/mol. The number of carbonyl (C=O) groups is 1. The topological polar surface area (TPSA) is 46.9 Å². The van der Waals surface area contributed by atoms with Crippen molar-refractivity contribution in [2.24, 2.45) is 0 Å². The van der Waals surface area contributed by atoms with Crippen molar-refractivity contribution in [1.82, 2.24) is 9.78 Å². The summed E-state index contributed by atoms with van der Waals surface area (Å²) in [5, 5.41) is 7.77. The third-order valence-corrected chi connectivity index (χ3v) is 3.88. The average Bonchev–Trinajstić information content (AvgIpc) is 2.91. The van der Waals surface area contributed by atoms with E-state index in [1.807, 2.05) is 0 Å². The fourth-order valence-corrected chi connectivity index (χ4v) is 2.60. The number of nitrogens with zero attached hydrogens (tertiary/aromatic N) is 2. The first kappa shape index (κ1) is 16.5. The number of amides is 1. The van der Waals surface area contributed by atoms with Crippen LogP contribution in [0.5, 0.6) is 0 Å². The van der Waals surface area contributed by atoms with Gasteiger partial charge in [-0.3, -0.25) is 4.79 Å². The fraction of sp³-hybridized carbons (Fsp3) is 0.0588. The lowest BCUT2D eigenvalue weighted by molar-refractivity contribution is 0.102. The maximum absolute atomic E-state index is 13.1. The summed E-state index contributed by atoms with van der Waals surface area (Å²) in [5.41, 5.74) is 1.58. The molecule has 0 radical (unpaired) electrons. The van der Waals surface area contributed by atoms with Gasteiger partial charge in [-0.15, -0.1) is 0 Å². The molecule has 4 nitrogen and oxygen atoms in total. The van der Waals surface area contributed by atoms with Crippen molar-refractivity contribution in [3.8, 4) is 5.69 Å². The Labute approximate surface area is 147 Å². The second-order valence-electron chi connectivity index (χ2n) is 5.14. The highest BCUT2D eigenvalue weighted by atomic mass is 35.5. The first-order chi connectivity index (χ1) is 11.4. The van der Waals surface area contributed by atoms with E-state index in [0.717, 1.165) is 0 Å². The van der Waals surface area contributed by atoms with Crippen LogP contribution in [0.15, 0.2) is 48.5 Å². The molecule has 1 N–H and O–H groups in total.